The lowest BCUT2D eigenvalue weighted by atomic mass is 10.1. The number of nitrogens with zero attached hydrogens (tertiary/aromatic N) is 2. The van der Waals surface area contributed by atoms with Gasteiger partial charge in [-0.2, -0.15) is 0 Å². The molecule has 0 unspecified atom stereocenters. The van der Waals surface area contributed by atoms with Crippen molar-refractivity contribution in [1.82, 2.24) is 4.90 Å². The van der Waals surface area contributed by atoms with Crippen molar-refractivity contribution < 1.29 is 9.59 Å². The molecule has 6 heteroatoms. The summed E-state index contributed by atoms with van der Waals surface area (Å²) in [6.45, 7) is 3.45. The Morgan fingerprint density at radius 3 is 2.23 bits per heavy atom. The molecule has 0 spiro atoms. The van der Waals surface area contributed by atoms with Gasteiger partial charge in [0.25, 0.3) is 0 Å². The van der Waals surface area contributed by atoms with Crippen molar-refractivity contribution in [2.24, 2.45) is 0 Å². The summed E-state index contributed by atoms with van der Waals surface area (Å²) in [7, 11) is 0. The highest BCUT2D eigenvalue weighted by Crippen LogP contribution is 2.26. The third-order valence-corrected chi connectivity index (χ3v) is 4.23. The molecule has 1 saturated heterocycles. The fourth-order valence-electron chi connectivity index (χ4n) is 2.67. The molecule has 0 saturated carbocycles. The molecule has 2 rings (SSSR count). The first kappa shape index (κ1) is 17.1. The lowest BCUT2D eigenvalue weighted by Crippen LogP contribution is -2.38. The Hall–Kier alpha value is -1.26. The van der Waals surface area contributed by atoms with E-state index in [1.54, 1.807) is 23.1 Å². The average Bonchev–Trinajstić information content (AvgIpc) is 2.47. The number of anilines is 1. The number of amides is 2. The van der Waals surface area contributed by atoms with Gasteiger partial charge >= 0.3 is 0 Å². The summed E-state index contributed by atoms with van der Waals surface area (Å²) >= 11 is 12.0. The smallest absolute Gasteiger partial charge is 0.224 e. The molecule has 4 nitrogen and oxygen atoms in total. The SMILES string of the molecule is CC(=O)N(CCC(=O)N1CCCCC1)c1cc(Cl)cc(Cl)c1. The highest BCUT2D eigenvalue weighted by Gasteiger charge is 2.19. The maximum absolute atomic E-state index is 12.2. The maximum atomic E-state index is 12.2. The van der Waals surface area contributed by atoms with E-state index in [4.69, 9.17) is 23.2 Å². The number of halogens is 2. The van der Waals surface area contributed by atoms with Crippen LogP contribution in [0, 0.1) is 0 Å². The van der Waals surface area contributed by atoms with E-state index in [2.05, 4.69) is 0 Å². The molecule has 1 fully saturated rings. The van der Waals surface area contributed by atoms with Crippen molar-refractivity contribution in [2.75, 3.05) is 24.5 Å². The van der Waals surface area contributed by atoms with E-state index in [9.17, 15) is 9.59 Å². The molecule has 0 bridgehead atoms. The zero-order valence-corrected chi connectivity index (χ0v) is 14.2. The van der Waals surface area contributed by atoms with Crippen molar-refractivity contribution in [1.29, 1.82) is 0 Å². The minimum atomic E-state index is -0.134. The second-order valence-corrected chi connectivity index (χ2v) is 6.36. The Kier molecular flexibility index (Phi) is 6.09. The average molecular weight is 343 g/mol. The van der Waals surface area contributed by atoms with Gasteiger partial charge in [0.2, 0.25) is 11.8 Å². The first-order valence-corrected chi connectivity index (χ1v) is 8.25. The van der Waals surface area contributed by atoms with Gasteiger partial charge in [-0.15, -0.1) is 0 Å². The van der Waals surface area contributed by atoms with Crippen LogP contribution in [0.1, 0.15) is 32.6 Å². The number of hydrogen-bond donors (Lipinski definition) is 0. The fourth-order valence-corrected chi connectivity index (χ4v) is 3.19. The van der Waals surface area contributed by atoms with Crippen LogP contribution in [0.5, 0.6) is 0 Å². The summed E-state index contributed by atoms with van der Waals surface area (Å²) in [6.07, 6.45) is 3.62. The molecule has 0 atom stereocenters. The lowest BCUT2D eigenvalue weighted by Gasteiger charge is -2.28. The molecule has 1 aliphatic rings. The summed E-state index contributed by atoms with van der Waals surface area (Å²) in [4.78, 5) is 27.5. The van der Waals surface area contributed by atoms with E-state index in [1.165, 1.54) is 13.3 Å². The van der Waals surface area contributed by atoms with Crippen LogP contribution in [0.15, 0.2) is 18.2 Å². The number of rotatable bonds is 4. The summed E-state index contributed by atoms with van der Waals surface area (Å²) in [5.74, 6) is -0.0381. The van der Waals surface area contributed by atoms with Gasteiger partial charge in [-0.1, -0.05) is 23.2 Å². The van der Waals surface area contributed by atoms with Crippen molar-refractivity contribution in [3.05, 3.63) is 28.2 Å². The van der Waals surface area contributed by atoms with Crippen LogP contribution in [-0.4, -0.2) is 36.3 Å². The largest absolute Gasteiger partial charge is 0.343 e. The predicted molar refractivity (Wildman–Crippen MR) is 89.5 cm³/mol. The van der Waals surface area contributed by atoms with Gasteiger partial charge < -0.3 is 9.80 Å². The first-order valence-electron chi connectivity index (χ1n) is 7.49. The standard InChI is InChI=1S/C16H20Cl2N2O2/c1-12(21)20(15-10-13(17)9-14(18)11-15)8-5-16(22)19-6-3-2-4-7-19/h9-11H,2-8H2,1H3. The Balaban J connectivity index is 2.02. The molecule has 2 amide bonds. The van der Waals surface area contributed by atoms with Crippen molar-refractivity contribution in [3.8, 4) is 0 Å². The van der Waals surface area contributed by atoms with E-state index < -0.39 is 0 Å². The minimum absolute atomic E-state index is 0.0964. The monoisotopic (exact) mass is 342 g/mol. The normalized spacial score (nSPS) is 14.8. The van der Waals surface area contributed by atoms with Crippen LogP contribution in [0.3, 0.4) is 0 Å². The van der Waals surface area contributed by atoms with Gasteiger partial charge in [-0.3, -0.25) is 9.59 Å². The van der Waals surface area contributed by atoms with E-state index in [1.807, 2.05) is 4.90 Å². The number of piperidine rings is 1. The van der Waals surface area contributed by atoms with Crippen molar-refractivity contribution in [3.63, 3.8) is 0 Å². The van der Waals surface area contributed by atoms with Gasteiger partial charge in [-0.05, 0) is 37.5 Å². The molecule has 1 aromatic rings. The van der Waals surface area contributed by atoms with E-state index in [-0.39, 0.29) is 11.8 Å². The number of benzene rings is 1. The Morgan fingerprint density at radius 1 is 1.09 bits per heavy atom. The molecule has 1 aromatic carbocycles. The number of likely N-dealkylation sites (tertiary alicyclic amines) is 1. The van der Waals surface area contributed by atoms with E-state index in [0.717, 1.165) is 25.9 Å². The highest BCUT2D eigenvalue weighted by atomic mass is 35.5. The lowest BCUT2D eigenvalue weighted by molar-refractivity contribution is -0.131. The maximum Gasteiger partial charge on any atom is 0.224 e. The Labute approximate surface area is 141 Å². The van der Waals surface area contributed by atoms with Crippen molar-refractivity contribution in [2.45, 2.75) is 32.6 Å². The van der Waals surface area contributed by atoms with Crippen LogP contribution in [0.25, 0.3) is 0 Å². The third kappa shape index (κ3) is 4.62. The zero-order chi connectivity index (χ0) is 16.1. The summed E-state index contributed by atoms with van der Waals surface area (Å²) in [5, 5.41) is 0.937. The highest BCUT2D eigenvalue weighted by molar-refractivity contribution is 6.35. The van der Waals surface area contributed by atoms with Crippen LogP contribution >= 0.6 is 23.2 Å². The molecule has 0 radical (unpaired) electrons. The second kappa shape index (κ2) is 7.84. The Bertz CT molecular complexity index is 537. The van der Waals surface area contributed by atoms with E-state index >= 15 is 0 Å². The van der Waals surface area contributed by atoms with Crippen LogP contribution in [0.2, 0.25) is 10.0 Å². The molecule has 0 aromatic heterocycles. The molecule has 1 aliphatic heterocycles. The topological polar surface area (TPSA) is 40.6 Å². The molecule has 0 N–H and O–H groups in total. The number of hydrogen-bond acceptors (Lipinski definition) is 2. The summed E-state index contributed by atoms with van der Waals surface area (Å²) in [6, 6.07) is 4.98. The summed E-state index contributed by atoms with van der Waals surface area (Å²) in [5.41, 5.74) is 0.622. The van der Waals surface area contributed by atoms with Gasteiger partial charge in [0, 0.05) is 48.7 Å². The van der Waals surface area contributed by atoms with Crippen LogP contribution in [0.4, 0.5) is 5.69 Å². The number of carbonyl (C=O) groups excluding carboxylic acids is 2. The summed E-state index contributed by atoms with van der Waals surface area (Å²) < 4.78 is 0. The molecule has 22 heavy (non-hydrogen) atoms. The van der Waals surface area contributed by atoms with Crippen molar-refractivity contribution >= 4 is 40.7 Å². The fraction of sp³-hybridized carbons (Fsp3) is 0.500. The molecule has 1 heterocycles. The molecule has 0 aliphatic carbocycles. The molecular weight excluding hydrogens is 323 g/mol. The van der Waals surface area contributed by atoms with Gasteiger partial charge in [0.05, 0.1) is 0 Å². The third-order valence-electron chi connectivity index (χ3n) is 3.80. The molecule has 120 valence electrons. The second-order valence-electron chi connectivity index (χ2n) is 5.49. The van der Waals surface area contributed by atoms with Gasteiger partial charge in [-0.25, -0.2) is 0 Å². The predicted octanol–water partition coefficient (Wildman–Crippen LogP) is 3.75. The van der Waals surface area contributed by atoms with Gasteiger partial charge in [0.1, 0.15) is 0 Å². The minimum Gasteiger partial charge on any atom is -0.343 e. The molecular formula is C16H20Cl2N2O2. The zero-order valence-electron chi connectivity index (χ0n) is 12.6. The van der Waals surface area contributed by atoms with Gasteiger partial charge in [0.15, 0.2) is 0 Å². The van der Waals surface area contributed by atoms with Crippen LogP contribution < -0.4 is 4.90 Å². The first-order chi connectivity index (χ1) is 10.5. The quantitative estimate of drug-likeness (QED) is 0.835. The van der Waals surface area contributed by atoms with Crippen LogP contribution in [-0.2, 0) is 9.59 Å². The Morgan fingerprint density at radius 2 is 1.68 bits per heavy atom. The number of carbonyl (C=O) groups is 2. The van der Waals surface area contributed by atoms with E-state index in [0.29, 0.717) is 28.7 Å².